The molecule has 0 saturated carbocycles. The monoisotopic (exact) mass is 452 g/mol. The van der Waals surface area contributed by atoms with Crippen molar-refractivity contribution in [3.63, 3.8) is 0 Å². The fraction of sp³-hybridized carbons (Fsp3) is 0.565. The number of amides is 2. The molecule has 5 nitrogen and oxygen atoms in total. The molecule has 2 heterocycles. The number of carbonyl (C=O) groups is 2. The van der Waals surface area contributed by atoms with E-state index >= 15 is 0 Å². The molecular formula is C23H30Cl2N2O3. The van der Waals surface area contributed by atoms with Crippen LogP contribution in [0, 0.1) is 5.92 Å². The summed E-state index contributed by atoms with van der Waals surface area (Å²) < 4.78 is 5.60. The molecule has 0 bridgehead atoms. The Bertz CT molecular complexity index is 825. The first-order valence-electron chi connectivity index (χ1n) is 10.8. The van der Waals surface area contributed by atoms with Gasteiger partial charge in [0, 0.05) is 43.4 Å². The summed E-state index contributed by atoms with van der Waals surface area (Å²) in [6.07, 6.45) is 4.84. The number of hydrogen-bond donors (Lipinski definition) is 0. The molecule has 2 aliphatic rings. The van der Waals surface area contributed by atoms with Gasteiger partial charge in [0.2, 0.25) is 0 Å². The molecule has 2 aliphatic heterocycles. The van der Waals surface area contributed by atoms with Gasteiger partial charge in [-0.1, -0.05) is 49.5 Å². The van der Waals surface area contributed by atoms with Gasteiger partial charge in [-0.2, -0.15) is 0 Å². The van der Waals surface area contributed by atoms with Crippen molar-refractivity contribution in [3.8, 4) is 0 Å². The number of benzene rings is 1. The quantitative estimate of drug-likeness (QED) is 0.390. The van der Waals surface area contributed by atoms with Crippen LogP contribution in [0.1, 0.15) is 51.5 Å². The van der Waals surface area contributed by atoms with Crippen molar-refractivity contribution in [1.29, 1.82) is 0 Å². The van der Waals surface area contributed by atoms with Crippen LogP contribution in [0.3, 0.4) is 0 Å². The maximum Gasteiger partial charge on any atom is 0.277 e. The van der Waals surface area contributed by atoms with Crippen molar-refractivity contribution in [2.45, 2.75) is 46.0 Å². The highest BCUT2D eigenvalue weighted by Gasteiger charge is 2.42. The lowest BCUT2D eigenvalue weighted by molar-refractivity contribution is -0.137. The lowest BCUT2D eigenvalue weighted by atomic mass is 9.97. The first-order valence-corrected chi connectivity index (χ1v) is 11.6. The fourth-order valence-corrected chi connectivity index (χ4v) is 4.56. The van der Waals surface area contributed by atoms with Crippen LogP contribution in [0.25, 0.3) is 5.57 Å². The van der Waals surface area contributed by atoms with Gasteiger partial charge < -0.3 is 9.64 Å². The summed E-state index contributed by atoms with van der Waals surface area (Å²) in [7, 11) is 0. The van der Waals surface area contributed by atoms with Crippen molar-refractivity contribution >= 4 is 40.6 Å². The molecule has 0 aliphatic carbocycles. The van der Waals surface area contributed by atoms with E-state index in [1.807, 2.05) is 0 Å². The van der Waals surface area contributed by atoms with Gasteiger partial charge in [-0.3, -0.25) is 14.5 Å². The van der Waals surface area contributed by atoms with E-state index in [0.717, 1.165) is 38.8 Å². The molecule has 1 saturated heterocycles. The van der Waals surface area contributed by atoms with Crippen LogP contribution in [0.5, 0.6) is 0 Å². The molecule has 1 unspecified atom stereocenters. The zero-order chi connectivity index (χ0) is 21.7. The number of piperidine rings is 1. The Morgan fingerprint density at radius 3 is 2.60 bits per heavy atom. The summed E-state index contributed by atoms with van der Waals surface area (Å²) in [5.74, 6) is -0.0493. The maximum absolute atomic E-state index is 13.3. The van der Waals surface area contributed by atoms with Gasteiger partial charge in [0.05, 0.1) is 10.6 Å². The Morgan fingerprint density at radius 1 is 1.13 bits per heavy atom. The molecule has 0 radical (unpaired) electrons. The number of halogens is 2. The smallest absolute Gasteiger partial charge is 0.277 e. The van der Waals surface area contributed by atoms with Gasteiger partial charge in [-0.05, 0) is 43.7 Å². The van der Waals surface area contributed by atoms with Crippen molar-refractivity contribution < 1.29 is 14.3 Å². The number of hydrogen-bond acceptors (Lipinski definition) is 4. The Balaban J connectivity index is 1.85. The zero-order valence-electron chi connectivity index (χ0n) is 17.8. The number of imide groups is 1. The number of nitrogens with zero attached hydrogens (tertiary/aromatic N) is 2. The third kappa shape index (κ3) is 5.19. The maximum atomic E-state index is 13.3. The van der Waals surface area contributed by atoms with Crippen LogP contribution in [0.4, 0.5) is 0 Å². The second-order valence-electron chi connectivity index (χ2n) is 8.12. The van der Waals surface area contributed by atoms with Gasteiger partial charge in [0.15, 0.2) is 0 Å². The molecule has 1 fully saturated rings. The largest absolute Gasteiger partial charge is 0.381 e. The molecule has 164 valence electrons. The molecule has 7 heteroatoms. The Morgan fingerprint density at radius 2 is 1.90 bits per heavy atom. The van der Waals surface area contributed by atoms with Crippen LogP contribution in [-0.4, -0.2) is 54.5 Å². The highest BCUT2D eigenvalue weighted by molar-refractivity contribution is 6.41. The molecule has 0 N–H and O–H groups in total. The van der Waals surface area contributed by atoms with E-state index in [1.54, 1.807) is 18.2 Å². The standard InChI is InChI=1S/C23H30Cl2N2O3/c1-3-4-12-30-13-6-11-27-22(28)20(18-9-8-17(24)14-19(18)25)21(23(27)29)26-10-5-7-16(2)15-26/h8-9,14,16H,3-7,10-13,15H2,1-2H3. The Hall–Kier alpha value is -1.56. The van der Waals surface area contributed by atoms with Crippen molar-refractivity contribution in [2.24, 2.45) is 5.92 Å². The van der Waals surface area contributed by atoms with Crippen LogP contribution in [-0.2, 0) is 14.3 Å². The van der Waals surface area contributed by atoms with Crippen LogP contribution in [0.2, 0.25) is 10.0 Å². The van der Waals surface area contributed by atoms with Crippen molar-refractivity contribution in [1.82, 2.24) is 9.80 Å². The van der Waals surface area contributed by atoms with E-state index in [-0.39, 0.29) is 11.8 Å². The average Bonchev–Trinajstić information content (AvgIpc) is 2.95. The Labute approximate surface area is 188 Å². The SMILES string of the molecule is CCCCOCCCN1C(=O)C(c2ccc(Cl)cc2Cl)=C(N2CCCC(C)C2)C1=O. The summed E-state index contributed by atoms with van der Waals surface area (Å²) in [5.41, 5.74) is 1.43. The first kappa shape index (κ1) is 23.1. The highest BCUT2D eigenvalue weighted by Crippen LogP contribution is 2.37. The van der Waals surface area contributed by atoms with Crippen LogP contribution >= 0.6 is 23.2 Å². The molecular weight excluding hydrogens is 423 g/mol. The van der Waals surface area contributed by atoms with Gasteiger partial charge in [-0.25, -0.2) is 0 Å². The van der Waals surface area contributed by atoms with E-state index in [1.165, 1.54) is 4.90 Å². The molecule has 0 aromatic heterocycles. The minimum Gasteiger partial charge on any atom is -0.381 e. The lowest BCUT2D eigenvalue weighted by Gasteiger charge is -2.33. The summed E-state index contributed by atoms with van der Waals surface area (Å²) in [4.78, 5) is 30.1. The van der Waals surface area contributed by atoms with E-state index in [0.29, 0.717) is 59.0 Å². The third-order valence-corrected chi connectivity index (χ3v) is 6.18. The average molecular weight is 453 g/mol. The number of likely N-dealkylation sites (tertiary alicyclic amines) is 1. The first-order chi connectivity index (χ1) is 14.4. The van der Waals surface area contributed by atoms with E-state index in [2.05, 4.69) is 18.7 Å². The molecule has 1 atom stereocenters. The zero-order valence-corrected chi connectivity index (χ0v) is 19.3. The minimum atomic E-state index is -0.286. The van der Waals surface area contributed by atoms with Gasteiger partial charge in [-0.15, -0.1) is 0 Å². The molecule has 2 amide bonds. The molecule has 1 aromatic rings. The predicted molar refractivity (Wildman–Crippen MR) is 120 cm³/mol. The predicted octanol–water partition coefficient (Wildman–Crippen LogP) is 5.01. The molecule has 3 rings (SSSR count). The van der Waals surface area contributed by atoms with Gasteiger partial charge >= 0.3 is 0 Å². The third-order valence-electron chi connectivity index (χ3n) is 5.63. The van der Waals surface area contributed by atoms with E-state index < -0.39 is 0 Å². The Kier molecular flexibility index (Phi) is 8.20. The number of ether oxygens (including phenoxy) is 1. The second kappa shape index (κ2) is 10.7. The summed E-state index contributed by atoms with van der Waals surface area (Å²) in [6.45, 7) is 7.39. The summed E-state index contributed by atoms with van der Waals surface area (Å²) in [6, 6.07) is 5.05. The van der Waals surface area contributed by atoms with Crippen LogP contribution < -0.4 is 0 Å². The topological polar surface area (TPSA) is 49.9 Å². The van der Waals surface area contributed by atoms with Crippen molar-refractivity contribution in [2.75, 3.05) is 32.8 Å². The van der Waals surface area contributed by atoms with E-state index in [4.69, 9.17) is 27.9 Å². The second-order valence-corrected chi connectivity index (χ2v) is 8.97. The normalized spacial score (nSPS) is 19.9. The lowest BCUT2D eigenvalue weighted by Crippen LogP contribution is -2.39. The number of rotatable bonds is 9. The number of carbonyl (C=O) groups excluding carboxylic acids is 2. The van der Waals surface area contributed by atoms with Gasteiger partial charge in [0.1, 0.15) is 5.70 Å². The molecule has 30 heavy (non-hydrogen) atoms. The van der Waals surface area contributed by atoms with Gasteiger partial charge in [0.25, 0.3) is 11.8 Å². The summed E-state index contributed by atoms with van der Waals surface area (Å²) in [5, 5.41) is 0.876. The highest BCUT2D eigenvalue weighted by atomic mass is 35.5. The molecule has 1 aromatic carbocycles. The van der Waals surface area contributed by atoms with E-state index in [9.17, 15) is 9.59 Å². The van der Waals surface area contributed by atoms with Crippen molar-refractivity contribution in [3.05, 3.63) is 39.5 Å². The van der Waals surface area contributed by atoms with Crippen LogP contribution in [0.15, 0.2) is 23.9 Å². The summed E-state index contributed by atoms with van der Waals surface area (Å²) >= 11 is 12.5. The fourth-order valence-electron chi connectivity index (χ4n) is 4.06. The minimum absolute atomic E-state index is 0.233. The number of unbranched alkanes of at least 4 members (excludes halogenated alkanes) is 1. The molecule has 0 spiro atoms.